The number of anilines is 1. The largest absolute Gasteiger partial charge is 0.367 e. The van der Waals surface area contributed by atoms with Crippen molar-refractivity contribution in [2.75, 3.05) is 50.7 Å². The zero-order valence-electron chi connectivity index (χ0n) is 22.0. The molecule has 39 heavy (non-hydrogen) atoms. The Morgan fingerprint density at radius 3 is 2.56 bits per heavy atom. The van der Waals surface area contributed by atoms with E-state index in [0.29, 0.717) is 49.3 Å². The number of nitrogens with one attached hydrogen (secondary N) is 2. The maximum Gasteiger partial charge on any atom is 0.252 e. The number of piperazine rings is 1. The van der Waals surface area contributed by atoms with Gasteiger partial charge in [0.05, 0.1) is 16.1 Å². The molecule has 9 nitrogen and oxygen atoms in total. The molecule has 1 atom stereocenters. The summed E-state index contributed by atoms with van der Waals surface area (Å²) >= 11 is 0. The van der Waals surface area contributed by atoms with Crippen molar-refractivity contribution < 1.29 is 17.6 Å². The highest BCUT2D eigenvalue weighted by Crippen LogP contribution is 2.28. The smallest absolute Gasteiger partial charge is 0.252 e. The average Bonchev–Trinajstić information content (AvgIpc) is 2.93. The van der Waals surface area contributed by atoms with E-state index < -0.39 is 21.5 Å². The Labute approximate surface area is 227 Å². The third kappa shape index (κ3) is 5.85. The van der Waals surface area contributed by atoms with Crippen molar-refractivity contribution in [1.29, 1.82) is 0 Å². The van der Waals surface area contributed by atoms with Crippen LogP contribution in [0.25, 0.3) is 10.9 Å². The average molecular weight is 556 g/mol. The Balaban J connectivity index is 1.26. The van der Waals surface area contributed by atoms with Crippen molar-refractivity contribution in [3.8, 4) is 0 Å². The lowest BCUT2D eigenvalue weighted by atomic mass is 10.1. The molecule has 0 aliphatic carbocycles. The van der Waals surface area contributed by atoms with Crippen LogP contribution >= 0.6 is 0 Å². The summed E-state index contributed by atoms with van der Waals surface area (Å²) in [5.41, 5.74) is 0.712. The molecule has 2 aromatic carbocycles. The molecule has 1 amide bonds. The van der Waals surface area contributed by atoms with Gasteiger partial charge in [0.15, 0.2) is 0 Å². The second kappa shape index (κ2) is 11.4. The van der Waals surface area contributed by atoms with Crippen LogP contribution in [0, 0.1) is 5.82 Å². The van der Waals surface area contributed by atoms with Gasteiger partial charge in [-0.25, -0.2) is 12.8 Å². The van der Waals surface area contributed by atoms with Crippen LogP contribution in [0.3, 0.4) is 0 Å². The van der Waals surface area contributed by atoms with Crippen molar-refractivity contribution >= 4 is 32.5 Å². The van der Waals surface area contributed by atoms with E-state index >= 15 is 0 Å². The number of hydrogen-bond donors (Lipinski definition) is 2. The zero-order valence-corrected chi connectivity index (χ0v) is 22.8. The number of nitrogens with zero attached hydrogens (tertiary/aromatic N) is 3. The molecule has 3 heterocycles. The van der Waals surface area contributed by atoms with E-state index in [9.17, 15) is 22.4 Å². The summed E-state index contributed by atoms with van der Waals surface area (Å²) in [4.78, 5) is 32.4. The minimum Gasteiger partial charge on any atom is -0.367 e. The van der Waals surface area contributed by atoms with Gasteiger partial charge in [-0.2, -0.15) is 4.31 Å². The number of piperidine rings is 1. The monoisotopic (exact) mass is 555 g/mol. The van der Waals surface area contributed by atoms with Gasteiger partial charge in [-0.05, 0) is 50.1 Å². The van der Waals surface area contributed by atoms with Gasteiger partial charge in [0.2, 0.25) is 15.6 Å². The lowest BCUT2D eigenvalue weighted by Gasteiger charge is -2.36. The number of aromatic amines is 1. The third-order valence-electron chi connectivity index (χ3n) is 7.69. The number of fused-ring (bicyclic) bond motifs is 1. The Morgan fingerprint density at radius 1 is 1.05 bits per heavy atom. The number of amides is 1. The minimum absolute atomic E-state index is 0.0913. The van der Waals surface area contributed by atoms with Gasteiger partial charge in [-0.3, -0.25) is 14.5 Å². The van der Waals surface area contributed by atoms with Crippen LogP contribution < -0.4 is 15.8 Å². The third-order valence-corrected chi connectivity index (χ3v) is 9.70. The Morgan fingerprint density at radius 2 is 1.82 bits per heavy atom. The van der Waals surface area contributed by atoms with Gasteiger partial charge in [0.25, 0.3) is 5.91 Å². The van der Waals surface area contributed by atoms with Gasteiger partial charge in [0, 0.05) is 68.8 Å². The fourth-order valence-corrected chi connectivity index (χ4v) is 7.21. The Bertz CT molecular complexity index is 1520. The number of aromatic nitrogens is 1. The van der Waals surface area contributed by atoms with Gasteiger partial charge < -0.3 is 15.2 Å². The SMILES string of the molecule is CC1CCCCN1S(=O)(=O)c1ccc2[nH]c(=O)cc(C(=O)NCCN3CCN(c4ccccc4F)CC3)c2c1. The first kappa shape index (κ1) is 27.3. The van der Waals surface area contributed by atoms with Crippen molar-refractivity contribution in [3.63, 3.8) is 0 Å². The standard InChI is InChI=1S/C28H34FN5O4S/c1-20-6-4-5-12-34(20)39(37,38)21-9-10-25-22(18-21)23(19-27(35)31-25)28(36)30-11-13-32-14-16-33(17-15-32)26-8-3-2-7-24(26)29/h2-3,7-10,18-20H,4-6,11-17H2,1H3,(H,30,36)(H,31,35). The number of carbonyl (C=O) groups is 1. The number of H-pyrrole nitrogens is 1. The van der Waals surface area contributed by atoms with Crippen molar-refractivity contribution in [2.24, 2.45) is 0 Å². The highest BCUT2D eigenvalue weighted by molar-refractivity contribution is 7.89. The summed E-state index contributed by atoms with van der Waals surface area (Å²) in [6, 6.07) is 12.4. The molecule has 0 radical (unpaired) electrons. The highest BCUT2D eigenvalue weighted by Gasteiger charge is 2.31. The topological polar surface area (TPSA) is 106 Å². The number of hydrogen-bond acceptors (Lipinski definition) is 6. The van der Waals surface area contributed by atoms with E-state index in [1.165, 1.54) is 28.6 Å². The summed E-state index contributed by atoms with van der Waals surface area (Å²) in [5, 5.41) is 3.26. The number of sulfonamides is 1. The molecule has 2 fully saturated rings. The Kier molecular flexibility index (Phi) is 8.01. The van der Waals surface area contributed by atoms with Crippen LogP contribution in [-0.2, 0) is 10.0 Å². The van der Waals surface area contributed by atoms with Crippen molar-refractivity contribution in [3.05, 3.63) is 70.3 Å². The molecule has 2 N–H and O–H groups in total. The van der Waals surface area contributed by atoms with Crippen LogP contribution in [0.5, 0.6) is 0 Å². The van der Waals surface area contributed by atoms with Gasteiger partial charge in [-0.15, -0.1) is 0 Å². The molecular formula is C28H34FN5O4S. The lowest BCUT2D eigenvalue weighted by Crippen LogP contribution is -2.48. The van der Waals surface area contributed by atoms with E-state index in [-0.39, 0.29) is 22.3 Å². The molecule has 5 rings (SSSR count). The number of pyridine rings is 1. The number of benzene rings is 2. The van der Waals surface area contributed by atoms with Crippen molar-refractivity contribution in [1.82, 2.24) is 19.5 Å². The first-order valence-electron chi connectivity index (χ1n) is 13.4. The maximum atomic E-state index is 14.1. The molecule has 2 aliphatic heterocycles. The van der Waals surface area contributed by atoms with Crippen LogP contribution in [-0.4, -0.2) is 80.4 Å². The quantitative estimate of drug-likeness (QED) is 0.465. The molecule has 11 heteroatoms. The first-order chi connectivity index (χ1) is 18.7. The minimum atomic E-state index is -3.74. The molecule has 2 saturated heterocycles. The number of halogens is 1. The van der Waals surface area contributed by atoms with E-state index in [2.05, 4.69) is 15.2 Å². The van der Waals surface area contributed by atoms with Gasteiger partial charge in [0.1, 0.15) is 5.82 Å². The van der Waals surface area contributed by atoms with Crippen LogP contribution in [0.4, 0.5) is 10.1 Å². The van der Waals surface area contributed by atoms with Crippen LogP contribution in [0.2, 0.25) is 0 Å². The number of carbonyl (C=O) groups excluding carboxylic acids is 1. The second-order valence-corrected chi connectivity index (χ2v) is 12.1. The molecule has 0 saturated carbocycles. The van der Waals surface area contributed by atoms with E-state index in [1.807, 2.05) is 17.9 Å². The lowest BCUT2D eigenvalue weighted by molar-refractivity contribution is 0.0949. The van der Waals surface area contributed by atoms with E-state index in [1.54, 1.807) is 18.2 Å². The summed E-state index contributed by atoms with van der Waals surface area (Å²) in [7, 11) is -3.74. The number of rotatable bonds is 7. The molecule has 208 valence electrons. The molecule has 2 aliphatic rings. The fourth-order valence-electron chi connectivity index (χ4n) is 5.49. The summed E-state index contributed by atoms with van der Waals surface area (Å²) in [6.45, 7) is 6.16. The van der Waals surface area contributed by atoms with E-state index in [0.717, 1.165) is 32.4 Å². The zero-order chi connectivity index (χ0) is 27.6. The summed E-state index contributed by atoms with van der Waals surface area (Å²) in [6.07, 6.45) is 2.63. The Hall–Kier alpha value is -3.28. The summed E-state index contributed by atoms with van der Waals surface area (Å²) in [5.74, 6) is -0.665. The molecule has 1 unspecified atom stereocenters. The highest BCUT2D eigenvalue weighted by atomic mass is 32.2. The van der Waals surface area contributed by atoms with Crippen LogP contribution in [0.15, 0.2) is 58.2 Å². The van der Waals surface area contributed by atoms with Gasteiger partial charge in [-0.1, -0.05) is 18.6 Å². The van der Waals surface area contributed by atoms with Crippen LogP contribution in [0.1, 0.15) is 36.5 Å². The molecule has 3 aromatic rings. The first-order valence-corrected chi connectivity index (χ1v) is 14.9. The molecule has 0 spiro atoms. The second-order valence-electron chi connectivity index (χ2n) is 10.3. The van der Waals surface area contributed by atoms with Gasteiger partial charge >= 0.3 is 0 Å². The van der Waals surface area contributed by atoms with E-state index in [4.69, 9.17) is 0 Å². The molecule has 1 aromatic heterocycles. The van der Waals surface area contributed by atoms with Crippen molar-refractivity contribution in [2.45, 2.75) is 37.1 Å². The normalized spacial score (nSPS) is 19.3. The number of para-hydroxylation sites is 1. The predicted molar refractivity (Wildman–Crippen MR) is 149 cm³/mol. The fraction of sp³-hybridized carbons (Fsp3) is 0.429. The molecular weight excluding hydrogens is 521 g/mol. The predicted octanol–water partition coefficient (Wildman–Crippen LogP) is 2.78. The molecule has 0 bridgehead atoms. The maximum absolute atomic E-state index is 14.1. The summed E-state index contributed by atoms with van der Waals surface area (Å²) < 4.78 is 42.4.